The van der Waals surface area contributed by atoms with Crippen molar-refractivity contribution in [3.63, 3.8) is 0 Å². The molecule has 4 atom stereocenters. The number of halogens is 1. The van der Waals surface area contributed by atoms with E-state index in [-0.39, 0.29) is 12.0 Å². The average Bonchev–Trinajstić information content (AvgIpc) is 3.19. The predicted molar refractivity (Wildman–Crippen MR) is 107 cm³/mol. The van der Waals surface area contributed by atoms with Crippen LogP contribution in [0.2, 0.25) is 5.02 Å². The molecular weight excluding hydrogens is 378 g/mol. The zero-order valence-electron chi connectivity index (χ0n) is 16.4. The molecule has 0 radical (unpaired) electrons. The molecule has 150 valence electrons. The van der Waals surface area contributed by atoms with Gasteiger partial charge in [-0.05, 0) is 56.7 Å². The van der Waals surface area contributed by atoms with Crippen LogP contribution in [0.1, 0.15) is 34.7 Å². The van der Waals surface area contributed by atoms with Crippen LogP contribution < -0.4 is 4.74 Å². The van der Waals surface area contributed by atoms with Gasteiger partial charge in [0.05, 0.1) is 16.8 Å². The molecule has 2 fully saturated rings. The van der Waals surface area contributed by atoms with Crippen LogP contribution in [0, 0.1) is 25.7 Å². The van der Waals surface area contributed by atoms with E-state index in [1.807, 2.05) is 37.9 Å². The molecule has 6 nitrogen and oxygen atoms in total. The monoisotopic (exact) mass is 403 g/mol. The van der Waals surface area contributed by atoms with E-state index in [1.54, 1.807) is 16.8 Å². The van der Waals surface area contributed by atoms with Gasteiger partial charge in [-0.1, -0.05) is 11.6 Å². The number of hydrogen-bond donors (Lipinski definition) is 1. The molecule has 7 heteroatoms. The van der Waals surface area contributed by atoms with E-state index in [9.17, 15) is 9.90 Å². The van der Waals surface area contributed by atoms with Crippen LogP contribution in [0.3, 0.4) is 0 Å². The smallest absolute Gasteiger partial charge is 0.270 e. The topological polar surface area (TPSA) is 67.6 Å². The zero-order valence-corrected chi connectivity index (χ0v) is 17.2. The molecule has 1 amide bonds. The molecular formula is C21H26ClN3O3. The van der Waals surface area contributed by atoms with Crippen molar-refractivity contribution in [1.82, 2.24) is 14.5 Å². The maximum atomic E-state index is 12.9. The van der Waals surface area contributed by atoms with Crippen LogP contribution in [0.15, 0.2) is 24.4 Å². The number of carbonyl (C=O) groups is 1. The summed E-state index contributed by atoms with van der Waals surface area (Å²) >= 11 is 6.03. The number of pyridine rings is 1. The predicted octanol–water partition coefficient (Wildman–Crippen LogP) is 2.98. The molecule has 1 saturated carbocycles. The van der Waals surface area contributed by atoms with Gasteiger partial charge in [0.1, 0.15) is 17.5 Å². The molecule has 0 spiro atoms. The van der Waals surface area contributed by atoms with Crippen LogP contribution in [-0.4, -0.2) is 50.8 Å². The highest BCUT2D eigenvalue weighted by Gasteiger charge is 2.44. The molecule has 28 heavy (non-hydrogen) atoms. The van der Waals surface area contributed by atoms with Gasteiger partial charge in [-0.3, -0.25) is 9.78 Å². The van der Waals surface area contributed by atoms with Gasteiger partial charge in [-0.25, -0.2) is 0 Å². The number of amides is 1. The summed E-state index contributed by atoms with van der Waals surface area (Å²) in [6.07, 6.45) is 2.30. The largest absolute Gasteiger partial charge is 0.486 e. The quantitative estimate of drug-likeness (QED) is 0.855. The second-order valence-corrected chi connectivity index (χ2v) is 8.55. The van der Waals surface area contributed by atoms with Crippen molar-refractivity contribution in [3.05, 3.63) is 46.5 Å². The van der Waals surface area contributed by atoms with Crippen LogP contribution in [0.5, 0.6) is 5.75 Å². The molecule has 0 aromatic carbocycles. The first kappa shape index (κ1) is 19.3. The lowest BCUT2D eigenvalue weighted by Crippen LogP contribution is -2.42. The number of carbonyl (C=O) groups excluding carboxylic acids is 1. The van der Waals surface area contributed by atoms with Crippen LogP contribution >= 0.6 is 11.6 Å². The van der Waals surface area contributed by atoms with Gasteiger partial charge < -0.3 is 19.3 Å². The lowest BCUT2D eigenvalue weighted by Gasteiger charge is -2.35. The van der Waals surface area contributed by atoms with Gasteiger partial charge in [0.15, 0.2) is 0 Å². The van der Waals surface area contributed by atoms with E-state index in [0.29, 0.717) is 42.1 Å². The Bertz CT molecular complexity index is 897. The number of hydrogen-bond acceptors (Lipinski definition) is 4. The summed E-state index contributed by atoms with van der Waals surface area (Å²) in [7, 11) is 1.83. The van der Waals surface area contributed by atoms with Crippen LogP contribution in [-0.2, 0) is 7.05 Å². The number of aliphatic hydroxyl groups is 1. The van der Waals surface area contributed by atoms with Gasteiger partial charge >= 0.3 is 0 Å². The van der Waals surface area contributed by atoms with Crippen molar-refractivity contribution in [2.45, 2.75) is 38.9 Å². The van der Waals surface area contributed by atoms with E-state index in [1.165, 1.54) is 0 Å². The van der Waals surface area contributed by atoms with Crippen LogP contribution in [0.25, 0.3) is 0 Å². The average molecular weight is 404 g/mol. The fraction of sp³-hybridized carbons (Fsp3) is 0.524. The number of rotatable bonds is 3. The zero-order chi connectivity index (χ0) is 20.0. The Balaban J connectivity index is 1.45. The summed E-state index contributed by atoms with van der Waals surface area (Å²) in [5.74, 6) is 1.34. The minimum Gasteiger partial charge on any atom is -0.486 e. The van der Waals surface area contributed by atoms with Gasteiger partial charge in [-0.2, -0.15) is 0 Å². The molecule has 3 heterocycles. The summed E-state index contributed by atoms with van der Waals surface area (Å²) < 4.78 is 7.89. The number of nitrogens with zero attached hydrogens (tertiary/aromatic N) is 3. The molecule has 0 unspecified atom stereocenters. The van der Waals surface area contributed by atoms with Gasteiger partial charge in [0, 0.05) is 32.0 Å². The van der Waals surface area contributed by atoms with Crippen molar-refractivity contribution >= 4 is 17.5 Å². The number of aromatic nitrogens is 2. The lowest BCUT2D eigenvalue weighted by atomic mass is 9.78. The molecule has 2 aromatic rings. The van der Waals surface area contributed by atoms with Gasteiger partial charge in [0.25, 0.3) is 5.91 Å². The first-order valence-electron chi connectivity index (χ1n) is 9.72. The minimum atomic E-state index is -0.540. The van der Waals surface area contributed by atoms with Crippen molar-refractivity contribution in [3.8, 4) is 5.75 Å². The summed E-state index contributed by atoms with van der Waals surface area (Å²) in [6, 6.07) is 5.54. The highest BCUT2D eigenvalue weighted by molar-refractivity contribution is 6.31. The second-order valence-electron chi connectivity index (χ2n) is 8.12. The first-order valence-corrected chi connectivity index (χ1v) is 10.1. The van der Waals surface area contributed by atoms with Crippen molar-refractivity contribution in [1.29, 1.82) is 0 Å². The SMILES string of the molecule is Cc1ccc(O[C@@H]2C[C@@H]3CN(C(=O)c4cc(Cl)cn4C)C[C@@H]3C[C@H]2O)c(C)n1. The Labute approximate surface area is 170 Å². The fourth-order valence-electron chi connectivity index (χ4n) is 4.54. The minimum absolute atomic E-state index is 0.00524. The van der Waals surface area contributed by atoms with E-state index in [2.05, 4.69) is 4.98 Å². The van der Waals surface area contributed by atoms with Crippen molar-refractivity contribution in [2.24, 2.45) is 18.9 Å². The first-order chi connectivity index (χ1) is 13.3. The summed E-state index contributed by atoms with van der Waals surface area (Å²) in [6.45, 7) is 5.22. The Morgan fingerprint density at radius 2 is 1.96 bits per heavy atom. The lowest BCUT2D eigenvalue weighted by molar-refractivity contribution is -0.0236. The molecule has 0 bridgehead atoms. The molecule has 2 aromatic heterocycles. The van der Waals surface area contributed by atoms with E-state index < -0.39 is 6.10 Å². The number of ether oxygens (including phenoxy) is 1. The van der Waals surface area contributed by atoms with Crippen molar-refractivity contribution < 1.29 is 14.6 Å². The van der Waals surface area contributed by atoms with Crippen molar-refractivity contribution in [2.75, 3.05) is 13.1 Å². The highest BCUT2D eigenvalue weighted by atomic mass is 35.5. The molecule has 1 aliphatic carbocycles. The third kappa shape index (κ3) is 3.63. The Hall–Kier alpha value is -2.05. The fourth-order valence-corrected chi connectivity index (χ4v) is 4.79. The number of likely N-dealkylation sites (tertiary alicyclic amines) is 1. The Morgan fingerprint density at radius 1 is 1.25 bits per heavy atom. The molecule has 1 aliphatic heterocycles. The van der Waals surface area contributed by atoms with Gasteiger partial charge in [-0.15, -0.1) is 0 Å². The van der Waals surface area contributed by atoms with Gasteiger partial charge in [0.2, 0.25) is 0 Å². The van der Waals surface area contributed by atoms with E-state index in [4.69, 9.17) is 16.3 Å². The summed E-state index contributed by atoms with van der Waals surface area (Å²) in [5.41, 5.74) is 2.37. The van der Waals surface area contributed by atoms with Crippen LogP contribution in [0.4, 0.5) is 0 Å². The number of aliphatic hydroxyl groups excluding tert-OH is 1. The molecule has 1 N–H and O–H groups in total. The summed E-state index contributed by atoms with van der Waals surface area (Å²) in [5, 5.41) is 11.2. The Morgan fingerprint density at radius 3 is 2.61 bits per heavy atom. The maximum Gasteiger partial charge on any atom is 0.270 e. The van der Waals surface area contributed by atoms with E-state index in [0.717, 1.165) is 23.6 Å². The standard InChI is InChI=1S/C21H26ClN3O3/c1-12-4-5-19(13(2)23-12)28-20-7-15-10-25(9-14(15)6-18(20)26)21(27)17-8-16(22)11-24(17)3/h4-5,8,11,14-15,18,20,26H,6-7,9-10H2,1-3H3/t14-,15+,18+,20+/m0/s1. The summed E-state index contributed by atoms with van der Waals surface area (Å²) in [4.78, 5) is 19.2. The molecule has 1 saturated heterocycles. The maximum absolute atomic E-state index is 12.9. The normalized spacial score (nSPS) is 27.0. The molecule has 2 aliphatic rings. The number of aryl methyl sites for hydroxylation is 3. The Kier molecular flexibility index (Phi) is 5.10. The third-order valence-corrected chi connectivity index (χ3v) is 6.22. The third-order valence-electron chi connectivity index (χ3n) is 6.02. The van der Waals surface area contributed by atoms with E-state index >= 15 is 0 Å². The second kappa shape index (κ2) is 7.41. The number of fused-ring (bicyclic) bond motifs is 1. The highest BCUT2D eigenvalue weighted by Crippen LogP contribution is 2.38. The molecule has 4 rings (SSSR count).